The van der Waals surface area contributed by atoms with Gasteiger partial charge in [0.2, 0.25) is 0 Å². The maximum atomic E-state index is 13.3. The zero-order valence-electron chi connectivity index (χ0n) is 14.0. The van der Waals surface area contributed by atoms with Gasteiger partial charge in [-0.25, -0.2) is 0 Å². The van der Waals surface area contributed by atoms with Gasteiger partial charge in [-0.15, -0.1) is 0 Å². The molecule has 0 spiro atoms. The summed E-state index contributed by atoms with van der Waals surface area (Å²) in [5, 5.41) is 25.2. The van der Waals surface area contributed by atoms with E-state index >= 15 is 0 Å². The minimum atomic E-state index is -0.328. The summed E-state index contributed by atoms with van der Waals surface area (Å²) in [5.74, 6) is 0. The van der Waals surface area contributed by atoms with Crippen LogP contribution in [-0.4, -0.2) is 27.4 Å². The molecule has 1 heterocycles. The monoisotopic (exact) mass is 284 g/mol. The van der Waals surface area contributed by atoms with Crippen molar-refractivity contribution in [3.8, 4) is 0 Å². The van der Waals surface area contributed by atoms with Gasteiger partial charge in [0.15, 0.2) is 0 Å². The first kappa shape index (κ1) is 17.9. The van der Waals surface area contributed by atoms with Gasteiger partial charge in [-0.3, -0.25) is 0 Å². The topological polar surface area (TPSA) is 46.5 Å². The Bertz CT molecular complexity index is 242. The van der Waals surface area contributed by atoms with Gasteiger partial charge in [0, 0.05) is 11.1 Å². The number of piperidine rings is 1. The number of rotatable bonds is 8. The van der Waals surface area contributed by atoms with Crippen molar-refractivity contribution in [3.63, 3.8) is 0 Å². The molecule has 0 unspecified atom stereocenters. The van der Waals surface area contributed by atoms with Gasteiger partial charge in [-0.05, 0) is 38.5 Å². The molecule has 0 aromatic rings. The highest BCUT2D eigenvalue weighted by Crippen LogP contribution is 2.47. The van der Waals surface area contributed by atoms with Crippen LogP contribution in [0.4, 0.5) is 0 Å². The fraction of sp³-hybridized carbons (Fsp3) is 1.00. The van der Waals surface area contributed by atoms with Crippen LogP contribution in [0.2, 0.25) is 0 Å². The van der Waals surface area contributed by atoms with Crippen LogP contribution < -0.4 is 0 Å². The Morgan fingerprint density at radius 3 is 1.40 bits per heavy atom. The van der Waals surface area contributed by atoms with E-state index < -0.39 is 0 Å². The van der Waals surface area contributed by atoms with Crippen molar-refractivity contribution in [2.24, 2.45) is 0 Å². The van der Waals surface area contributed by atoms with E-state index in [1.165, 1.54) is 5.06 Å². The van der Waals surface area contributed by atoms with E-state index in [0.717, 1.165) is 51.4 Å². The smallest absolute Gasteiger partial charge is 0.0574 e. The Morgan fingerprint density at radius 2 is 1.15 bits per heavy atom. The lowest BCUT2D eigenvalue weighted by atomic mass is 9.69. The van der Waals surface area contributed by atoms with Crippen molar-refractivity contribution in [1.29, 1.82) is 0 Å². The summed E-state index contributed by atoms with van der Waals surface area (Å²) in [6, 6.07) is 0. The van der Waals surface area contributed by atoms with Crippen molar-refractivity contribution < 1.29 is 5.11 Å². The summed E-state index contributed by atoms with van der Waals surface area (Å²) in [6.45, 7) is 8.59. The number of nitrogens with zero attached hydrogens (tertiary/aromatic N) is 1. The average molecular weight is 284 g/mol. The Kier molecular flexibility index (Phi) is 6.96. The predicted molar refractivity (Wildman–Crippen MR) is 85.5 cm³/mol. The van der Waals surface area contributed by atoms with Crippen molar-refractivity contribution in [3.05, 3.63) is 5.21 Å². The highest BCUT2D eigenvalue weighted by atomic mass is 16.5. The summed E-state index contributed by atoms with van der Waals surface area (Å²) >= 11 is 0. The van der Waals surface area contributed by atoms with E-state index in [1.807, 2.05) is 0 Å². The first-order chi connectivity index (χ1) is 9.50. The number of aliphatic hydroxyl groups excluding tert-OH is 1. The molecule has 1 aliphatic heterocycles. The van der Waals surface area contributed by atoms with Gasteiger partial charge in [0.1, 0.15) is 0 Å². The molecule has 1 rings (SSSR count). The lowest BCUT2D eigenvalue weighted by Crippen LogP contribution is -2.64. The largest absolute Gasteiger partial charge is 0.784 e. The number of hydrogen-bond acceptors (Lipinski definition) is 3. The normalized spacial score (nSPS) is 23.1. The van der Waals surface area contributed by atoms with Crippen LogP contribution in [0.1, 0.15) is 91.9 Å². The van der Waals surface area contributed by atoms with Crippen LogP contribution in [0.15, 0.2) is 0 Å². The summed E-state index contributed by atoms with van der Waals surface area (Å²) in [6.07, 6.45) is 8.72. The second kappa shape index (κ2) is 7.77. The molecule has 1 aliphatic rings. The molecular weight excluding hydrogens is 250 g/mol. The lowest BCUT2D eigenvalue weighted by Gasteiger charge is -2.64. The van der Waals surface area contributed by atoms with Crippen molar-refractivity contribution in [1.82, 2.24) is 5.06 Å². The molecule has 0 saturated carbocycles. The van der Waals surface area contributed by atoms with Crippen LogP contribution in [0.25, 0.3) is 0 Å². The number of hydroxylamine groups is 2. The zero-order valence-corrected chi connectivity index (χ0v) is 14.0. The second-order valence-corrected chi connectivity index (χ2v) is 6.81. The molecule has 1 fully saturated rings. The molecule has 120 valence electrons. The van der Waals surface area contributed by atoms with E-state index in [4.69, 9.17) is 0 Å². The molecule has 1 N–H and O–H groups in total. The summed E-state index contributed by atoms with van der Waals surface area (Å²) in [7, 11) is 0. The maximum absolute atomic E-state index is 13.3. The molecule has 3 nitrogen and oxygen atoms in total. The first-order valence-corrected chi connectivity index (χ1v) is 8.65. The Labute approximate surface area is 125 Å². The molecule has 0 aliphatic carbocycles. The molecule has 0 aromatic carbocycles. The molecule has 0 bridgehead atoms. The van der Waals surface area contributed by atoms with E-state index in [1.54, 1.807) is 0 Å². The molecule has 0 amide bonds. The molecule has 1 saturated heterocycles. The Balaban J connectivity index is 3.11. The van der Waals surface area contributed by atoms with Crippen LogP contribution in [0.3, 0.4) is 0 Å². The molecule has 3 heteroatoms. The third-order valence-electron chi connectivity index (χ3n) is 4.95. The minimum absolute atomic E-state index is 0.309. The predicted octanol–water partition coefficient (Wildman–Crippen LogP) is 4.62. The number of aliphatic hydroxyl groups is 1. The van der Waals surface area contributed by atoms with E-state index in [2.05, 4.69) is 27.7 Å². The zero-order chi connectivity index (χ0) is 15.2. The Hall–Kier alpha value is -0.120. The van der Waals surface area contributed by atoms with Gasteiger partial charge in [0.05, 0.1) is 6.10 Å². The van der Waals surface area contributed by atoms with Gasteiger partial charge in [-0.2, -0.15) is 0 Å². The fourth-order valence-corrected chi connectivity index (χ4v) is 4.54. The molecule has 0 aromatic heterocycles. The van der Waals surface area contributed by atoms with Gasteiger partial charge >= 0.3 is 0 Å². The average Bonchev–Trinajstić information content (AvgIpc) is 2.37. The molecule has 20 heavy (non-hydrogen) atoms. The van der Waals surface area contributed by atoms with Crippen LogP contribution in [-0.2, 0) is 0 Å². The minimum Gasteiger partial charge on any atom is -0.784 e. The van der Waals surface area contributed by atoms with Crippen LogP contribution in [0.5, 0.6) is 0 Å². The summed E-state index contributed by atoms with van der Waals surface area (Å²) < 4.78 is 0. The van der Waals surface area contributed by atoms with Crippen LogP contribution in [0, 0.1) is 5.21 Å². The maximum Gasteiger partial charge on any atom is 0.0574 e. The van der Waals surface area contributed by atoms with Gasteiger partial charge in [0.25, 0.3) is 0 Å². The molecule has 0 atom stereocenters. The SMILES string of the molecule is CCCC1(CCC)CC(O)CC(CCC)(CCC)N1[O-]. The van der Waals surface area contributed by atoms with E-state index in [0.29, 0.717) is 12.8 Å². The Morgan fingerprint density at radius 1 is 0.850 bits per heavy atom. The third kappa shape index (κ3) is 3.55. The van der Waals surface area contributed by atoms with Crippen molar-refractivity contribution in [2.45, 2.75) is 109 Å². The highest BCUT2D eigenvalue weighted by Gasteiger charge is 2.47. The van der Waals surface area contributed by atoms with E-state index in [-0.39, 0.29) is 17.2 Å². The van der Waals surface area contributed by atoms with E-state index in [9.17, 15) is 10.3 Å². The van der Waals surface area contributed by atoms with Crippen molar-refractivity contribution in [2.75, 3.05) is 0 Å². The van der Waals surface area contributed by atoms with Crippen molar-refractivity contribution >= 4 is 0 Å². The molecular formula is C17H34NO2-. The molecule has 0 radical (unpaired) electrons. The van der Waals surface area contributed by atoms with Gasteiger partial charge in [-0.1, -0.05) is 53.4 Å². The van der Waals surface area contributed by atoms with Crippen LogP contribution >= 0.6 is 0 Å². The third-order valence-corrected chi connectivity index (χ3v) is 4.95. The lowest BCUT2D eigenvalue weighted by molar-refractivity contribution is -0.0969. The standard InChI is InChI=1S/C17H34NO2/c1-5-9-16(10-6-2)13-15(19)14-17(11-7-3,12-8-4)18(16)20/h15,19H,5-14H2,1-4H3/q-1. The van der Waals surface area contributed by atoms with Gasteiger partial charge < -0.3 is 15.4 Å². The summed E-state index contributed by atoms with van der Waals surface area (Å²) in [4.78, 5) is 0. The summed E-state index contributed by atoms with van der Waals surface area (Å²) in [5.41, 5.74) is -0.656. The second-order valence-electron chi connectivity index (χ2n) is 6.81. The number of hydrogen-bond donors (Lipinski definition) is 1. The first-order valence-electron chi connectivity index (χ1n) is 8.65. The fourth-order valence-electron chi connectivity index (χ4n) is 4.54. The quantitative estimate of drug-likeness (QED) is 0.707. The highest BCUT2D eigenvalue weighted by molar-refractivity contribution is 5.07.